The molecular weight excluding hydrogens is 342 g/mol. The molecule has 4 heterocycles. The highest BCUT2D eigenvalue weighted by Crippen LogP contribution is 2.22. The van der Waals surface area contributed by atoms with Crippen LogP contribution in [0.1, 0.15) is 46.5 Å². The summed E-state index contributed by atoms with van der Waals surface area (Å²) in [7, 11) is 0. The fourth-order valence-electron chi connectivity index (χ4n) is 5.56. The maximum atomic E-state index is 6.10. The fourth-order valence-corrected chi connectivity index (χ4v) is 5.56. The van der Waals surface area contributed by atoms with Crippen LogP contribution in [0.5, 0.6) is 0 Å². The lowest BCUT2D eigenvalue weighted by Gasteiger charge is -2.38. The van der Waals surface area contributed by atoms with Gasteiger partial charge in [0.1, 0.15) is 12.2 Å². The molecular formula is C20H41N5O2+2. The van der Waals surface area contributed by atoms with Gasteiger partial charge in [-0.2, -0.15) is 5.48 Å². The number of morpholine rings is 1. The van der Waals surface area contributed by atoms with E-state index in [2.05, 4.69) is 41.8 Å². The van der Waals surface area contributed by atoms with E-state index >= 15 is 0 Å². The van der Waals surface area contributed by atoms with Crippen molar-refractivity contribution in [2.75, 3.05) is 45.9 Å². The van der Waals surface area contributed by atoms with Crippen molar-refractivity contribution in [3.63, 3.8) is 0 Å². The molecule has 6 unspecified atom stereocenters. The number of nitrogens with two attached hydrogens (primary N) is 1. The molecule has 0 radical (unpaired) electrons. The number of rotatable bonds is 4. The van der Waals surface area contributed by atoms with Crippen LogP contribution >= 0.6 is 0 Å². The van der Waals surface area contributed by atoms with Crippen LogP contribution < -0.4 is 21.0 Å². The number of nitrogens with zero attached hydrogens (tertiary/aromatic N) is 1. The van der Waals surface area contributed by atoms with Crippen LogP contribution in [0.2, 0.25) is 0 Å². The third-order valence-electron chi connectivity index (χ3n) is 6.83. The van der Waals surface area contributed by atoms with Gasteiger partial charge in [0.2, 0.25) is 0 Å². The molecule has 4 saturated heterocycles. The summed E-state index contributed by atoms with van der Waals surface area (Å²) in [4.78, 5) is 10.4. The molecule has 4 aliphatic heterocycles. The highest BCUT2D eigenvalue weighted by Gasteiger charge is 2.45. The number of hydroxylamine groups is 1. The minimum Gasteiger partial charge on any atom is -0.379 e. The van der Waals surface area contributed by atoms with Gasteiger partial charge in [0.15, 0.2) is 6.23 Å². The quantitative estimate of drug-likeness (QED) is 0.475. The topological polar surface area (TPSA) is 66.8 Å². The zero-order chi connectivity index (χ0) is 18.9. The van der Waals surface area contributed by atoms with Gasteiger partial charge in [0, 0.05) is 50.1 Å². The van der Waals surface area contributed by atoms with E-state index in [1.807, 2.05) is 0 Å². The number of piperidine rings is 1. The van der Waals surface area contributed by atoms with Crippen molar-refractivity contribution in [1.82, 2.24) is 15.7 Å². The van der Waals surface area contributed by atoms with E-state index in [9.17, 15) is 0 Å². The molecule has 5 N–H and O–H groups in total. The second-order valence-electron chi connectivity index (χ2n) is 10.2. The maximum absolute atomic E-state index is 6.10. The van der Waals surface area contributed by atoms with Crippen LogP contribution in [-0.2, 0) is 9.57 Å². The van der Waals surface area contributed by atoms with Gasteiger partial charge in [-0.3, -0.25) is 10.2 Å². The smallest absolute Gasteiger partial charge is 0.183 e. The lowest BCUT2D eigenvalue weighted by molar-refractivity contribution is -0.922. The molecule has 0 bridgehead atoms. The van der Waals surface area contributed by atoms with E-state index < -0.39 is 0 Å². The minimum atomic E-state index is 0.155. The fraction of sp³-hybridized carbons (Fsp3) is 1.00. The van der Waals surface area contributed by atoms with Gasteiger partial charge in [-0.25, -0.2) is 4.90 Å². The van der Waals surface area contributed by atoms with Gasteiger partial charge in [0.05, 0.1) is 39.0 Å². The van der Waals surface area contributed by atoms with E-state index in [0.29, 0.717) is 29.7 Å². The van der Waals surface area contributed by atoms with Crippen molar-refractivity contribution in [1.29, 1.82) is 0 Å². The predicted octanol–water partition coefficient (Wildman–Crippen LogP) is -1.51. The summed E-state index contributed by atoms with van der Waals surface area (Å²) in [6, 6.07) is 0.576. The number of likely N-dealkylation sites (tertiary alicyclic amines) is 1. The summed E-state index contributed by atoms with van der Waals surface area (Å²) in [6.45, 7) is 14.7. The van der Waals surface area contributed by atoms with Crippen LogP contribution in [0.25, 0.3) is 0 Å². The summed E-state index contributed by atoms with van der Waals surface area (Å²) in [5, 5.41) is 6.36. The Labute approximate surface area is 164 Å². The normalized spacial score (nSPS) is 41.9. The first-order valence-corrected chi connectivity index (χ1v) is 11.2. The Hall–Kier alpha value is -0.280. The first-order valence-electron chi connectivity index (χ1n) is 11.2. The van der Waals surface area contributed by atoms with E-state index in [-0.39, 0.29) is 6.23 Å². The van der Waals surface area contributed by atoms with Crippen molar-refractivity contribution < 1.29 is 19.8 Å². The molecule has 0 spiro atoms. The molecule has 0 aliphatic carbocycles. The summed E-state index contributed by atoms with van der Waals surface area (Å²) in [5.41, 5.74) is 3.75. The Bertz CT molecular complexity index is 479. The predicted molar refractivity (Wildman–Crippen MR) is 104 cm³/mol. The average Bonchev–Trinajstić information content (AvgIpc) is 3.30. The zero-order valence-corrected chi connectivity index (χ0v) is 17.5. The van der Waals surface area contributed by atoms with Crippen molar-refractivity contribution in [2.45, 2.75) is 71.1 Å². The first kappa shape index (κ1) is 20.0. The lowest BCUT2D eigenvalue weighted by Crippen LogP contribution is -3.16. The van der Waals surface area contributed by atoms with Crippen molar-refractivity contribution in [2.24, 2.45) is 11.3 Å². The summed E-state index contributed by atoms with van der Waals surface area (Å²) >= 11 is 0. The van der Waals surface area contributed by atoms with E-state index in [1.54, 1.807) is 4.90 Å². The molecule has 6 atom stereocenters. The Kier molecular flexibility index (Phi) is 6.38. The molecule has 156 valence electrons. The van der Waals surface area contributed by atoms with Crippen LogP contribution in [0, 0.1) is 11.3 Å². The van der Waals surface area contributed by atoms with Gasteiger partial charge < -0.3 is 15.0 Å². The zero-order valence-electron chi connectivity index (χ0n) is 17.5. The first-order chi connectivity index (χ1) is 13.0. The van der Waals surface area contributed by atoms with Crippen molar-refractivity contribution in [3.8, 4) is 0 Å². The van der Waals surface area contributed by atoms with Gasteiger partial charge >= 0.3 is 0 Å². The summed E-state index contributed by atoms with van der Waals surface area (Å²) < 4.78 is 5.53. The highest BCUT2D eigenvalue weighted by molar-refractivity contribution is 4.85. The number of ether oxygens (including phenoxy) is 1. The van der Waals surface area contributed by atoms with Crippen molar-refractivity contribution >= 4 is 0 Å². The van der Waals surface area contributed by atoms with Gasteiger partial charge in [0.25, 0.3) is 0 Å². The molecule has 4 rings (SSSR count). The molecule has 0 aromatic carbocycles. The minimum absolute atomic E-state index is 0.155. The SMILES string of the molecule is CC(C)(C)C[NH+]1CCCC1C1NC(C2CC[NH2+]C(N3CCOCC3)C2)NO1. The molecule has 0 aromatic rings. The molecule has 0 saturated carbocycles. The average molecular weight is 384 g/mol. The Morgan fingerprint density at radius 1 is 1.19 bits per heavy atom. The summed E-state index contributed by atoms with van der Waals surface area (Å²) in [5.74, 6) is 0.639. The van der Waals surface area contributed by atoms with E-state index in [4.69, 9.17) is 9.57 Å². The second kappa shape index (κ2) is 8.61. The van der Waals surface area contributed by atoms with E-state index in [0.717, 1.165) is 26.3 Å². The molecule has 0 amide bonds. The molecule has 4 aliphatic rings. The molecule has 7 nitrogen and oxygen atoms in total. The Morgan fingerprint density at radius 2 is 2.00 bits per heavy atom. The second-order valence-corrected chi connectivity index (χ2v) is 10.2. The molecule has 7 heteroatoms. The van der Waals surface area contributed by atoms with Crippen LogP contribution in [0.3, 0.4) is 0 Å². The van der Waals surface area contributed by atoms with E-state index in [1.165, 1.54) is 45.3 Å². The van der Waals surface area contributed by atoms with Crippen molar-refractivity contribution in [3.05, 3.63) is 0 Å². The third kappa shape index (κ3) is 5.01. The highest BCUT2D eigenvalue weighted by atomic mass is 16.7. The largest absolute Gasteiger partial charge is 0.379 e. The van der Waals surface area contributed by atoms with Crippen LogP contribution in [0.4, 0.5) is 0 Å². The summed E-state index contributed by atoms with van der Waals surface area (Å²) in [6.07, 6.45) is 6.12. The number of hydrogen-bond acceptors (Lipinski definition) is 5. The lowest BCUT2D eigenvalue weighted by atomic mass is 9.92. The third-order valence-corrected chi connectivity index (χ3v) is 6.83. The Morgan fingerprint density at radius 3 is 2.78 bits per heavy atom. The van der Waals surface area contributed by atoms with Gasteiger partial charge in [-0.05, 0) is 0 Å². The Balaban J connectivity index is 1.31. The maximum Gasteiger partial charge on any atom is 0.183 e. The van der Waals surface area contributed by atoms with Gasteiger partial charge in [-0.15, -0.1) is 0 Å². The monoisotopic (exact) mass is 383 g/mol. The number of quaternary nitrogens is 2. The number of nitrogens with one attached hydrogen (secondary N) is 3. The molecule has 0 aromatic heterocycles. The van der Waals surface area contributed by atoms with Gasteiger partial charge in [-0.1, -0.05) is 20.8 Å². The molecule has 4 fully saturated rings. The number of hydrogen-bond donors (Lipinski definition) is 4. The standard InChI is InChI=1S/C20H39N5O2/c1-20(2,3)14-25-8-4-5-16(25)19-22-18(23-27-19)15-6-7-21-17(13-15)24-9-11-26-12-10-24/h15-19,21-23H,4-14H2,1-3H3/p+2. The molecule has 27 heavy (non-hydrogen) atoms. The van der Waals surface area contributed by atoms with Crippen LogP contribution in [-0.4, -0.2) is 75.4 Å². The van der Waals surface area contributed by atoms with Crippen LogP contribution in [0.15, 0.2) is 0 Å².